The molecule has 6 heteroatoms. The summed E-state index contributed by atoms with van der Waals surface area (Å²) < 4.78 is 0. The zero-order valence-electron chi connectivity index (χ0n) is 16.2. The van der Waals surface area contributed by atoms with Crippen molar-refractivity contribution >= 4 is 34.8 Å². The minimum absolute atomic E-state index is 0.176. The largest absolute Gasteiger partial charge is 0.326 e. The highest BCUT2D eigenvalue weighted by atomic mass is 16.2. The molecule has 146 valence electrons. The molecule has 3 aromatic carbocycles. The number of carbonyl (C=O) groups is 3. The predicted molar refractivity (Wildman–Crippen MR) is 114 cm³/mol. The number of rotatable bonds is 5. The molecule has 3 aromatic rings. The molecule has 3 rings (SSSR count). The molecule has 6 nitrogen and oxygen atoms in total. The van der Waals surface area contributed by atoms with Crippen molar-refractivity contribution < 1.29 is 14.4 Å². The second-order valence-electron chi connectivity index (χ2n) is 6.51. The zero-order valence-corrected chi connectivity index (χ0v) is 16.2. The lowest BCUT2D eigenvalue weighted by atomic mass is 10.1. The normalized spacial score (nSPS) is 10.1. The molecule has 0 fully saturated rings. The number of benzene rings is 3. The first-order chi connectivity index (χ1) is 13.9. The minimum Gasteiger partial charge on any atom is -0.326 e. The van der Waals surface area contributed by atoms with Crippen molar-refractivity contribution in [2.45, 2.75) is 13.8 Å². The standard InChI is InChI=1S/C23H21N3O3/c1-15-20(24-16(2)27)9-6-10-21(15)26-23(29)18-11-13-19(14-12-18)25-22(28)17-7-4-3-5-8-17/h3-14H,1-2H3,(H,24,27)(H,25,28)(H,26,29). The van der Waals surface area contributed by atoms with Gasteiger partial charge in [-0.2, -0.15) is 0 Å². The quantitative estimate of drug-likeness (QED) is 0.604. The number of hydrogen-bond donors (Lipinski definition) is 3. The third-order valence-electron chi connectivity index (χ3n) is 4.33. The van der Waals surface area contributed by atoms with E-state index in [2.05, 4.69) is 16.0 Å². The van der Waals surface area contributed by atoms with Crippen molar-refractivity contribution in [3.05, 3.63) is 89.5 Å². The summed E-state index contributed by atoms with van der Waals surface area (Å²) in [6.45, 7) is 3.26. The maximum Gasteiger partial charge on any atom is 0.255 e. The summed E-state index contributed by atoms with van der Waals surface area (Å²) in [6, 6.07) is 20.8. The van der Waals surface area contributed by atoms with Crippen LogP contribution in [0, 0.1) is 6.92 Å². The van der Waals surface area contributed by atoms with Crippen molar-refractivity contribution in [2.24, 2.45) is 0 Å². The van der Waals surface area contributed by atoms with Gasteiger partial charge in [0, 0.05) is 35.1 Å². The zero-order chi connectivity index (χ0) is 20.8. The van der Waals surface area contributed by atoms with Crippen LogP contribution in [0.5, 0.6) is 0 Å². The summed E-state index contributed by atoms with van der Waals surface area (Å²) in [7, 11) is 0. The van der Waals surface area contributed by atoms with Gasteiger partial charge in [-0.15, -0.1) is 0 Å². The second kappa shape index (κ2) is 8.84. The number of anilines is 3. The van der Waals surface area contributed by atoms with Gasteiger partial charge in [0.2, 0.25) is 5.91 Å². The van der Waals surface area contributed by atoms with Gasteiger partial charge in [0.05, 0.1) is 0 Å². The highest BCUT2D eigenvalue weighted by molar-refractivity contribution is 6.07. The van der Waals surface area contributed by atoms with Crippen molar-refractivity contribution in [1.82, 2.24) is 0 Å². The molecule has 0 aliphatic carbocycles. The maximum atomic E-state index is 12.6. The van der Waals surface area contributed by atoms with Crippen LogP contribution in [0.4, 0.5) is 17.1 Å². The average molecular weight is 387 g/mol. The Balaban J connectivity index is 1.68. The Morgan fingerprint density at radius 3 is 1.79 bits per heavy atom. The molecular formula is C23H21N3O3. The summed E-state index contributed by atoms with van der Waals surface area (Å²) in [6.07, 6.45) is 0. The molecule has 0 heterocycles. The van der Waals surface area contributed by atoms with Gasteiger partial charge in [0.1, 0.15) is 0 Å². The second-order valence-corrected chi connectivity index (χ2v) is 6.51. The molecule has 29 heavy (non-hydrogen) atoms. The van der Waals surface area contributed by atoms with Gasteiger partial charge < -0.3 is 16.0 Å². The first kappa shape index (κ1) is 19.8. The van der Waals surface area contributed by atoms with E-state index in [-0.39, 0.29) is 17.7 Å². The van der Waals surface area contributed by atoms with E-state index < -0.39 is 0 Å². The number of hydrogen-bond acceptors (Lipinski definition) is 3. The molecular weight excluding hydrogens is 366 g/mol. The number of amides is 3. The van der Waals surface area contributed by atoms with Crippen molar-refractivity contribution in [1.29, 1.82) is 0 Å². The SMILES string of the molecule is CC(=O)Nc1cccc(NC(=O)c2ccc(NC(=O)c3ccccc3)cc2)c1C. The lowest BCUT2D eigenvalue weighted by Crippen LogP contribution is -2.15. The fraction of sp³-hybridized carbons (Fsp3) is 0.0870. The van der Waals surface area contributed by atoms with Crippen LogP contribution in [0.3, 0.4) is 0 Å². The fourth-order valence-electron chi connectivity index (χ4n) is 2.79. The van der Waals surface area contributed by atoms with E-state index in [1.54, 1.807) is 66.7 Å². The highest BCUT2D eigenvalue weighted by Crippen LogP contribution is 2.24. The van der Waals surface area contributed by atoms with Crippen LogP contribution in [0.2, 0.25) is 0 Å². The molecule has 0 aromatic heterocycles. The van der Waals surface area contributed by atoms with Crippen LogP contribution in [0.15, 0.2) is 72.8 Å². The smallest absolute Gasteiger partial charge is 0.255 e. The molecule has 3 amide bonds. The van der Waals surface area contributed by atoms with E-state index >= 15 is 0 Å². The van der Waals surface area contributed by atoms with Crippen molar-refractivity contribution in [3.8, 4) is 0 Å². The Kier molecular flexibility index (Phi) is 6.04. The van der Waals surface area contributed by atoms with E-state index in [1.807, 2.05) is 13.0 Å². The number of nitrogens with one attached hydrogen (secondary N) is 3. The Hall–Kier alpha value is -3.93. The van der Waals surface area contributed by atoms with Crippen LogP contribution in [-0.4, -0.2) is 17.7 Å². The molecule has 0 radical (unpaired) electrons. The molecule has 0 unspecified atom stereocenters. The van der Waals surface area contributed by atoms with Gasteiger partial charge in [0.15, 0.2) is 0 Å². The van der Waals surface area contributed by atoms with Gasteiger partial charge in [-0.25, -0.2) is 0 Å². The Labute approximate surface area is 169 Å². The van der Waals surface area contributed by atoms with Crippen LogP contribution in [0.25, 0.3) is 0 Å². The van der Waals surface area contributed by atoms with Gasteiger partial charge in [-0.05, 0) is 61.0 Å². The Morgan fingerprint density at radius 1 is 0.621 bits per heavy atom. The lowest BCUT2D eigenvalue weighted by Gasteiger charge is -2.13. The van der Waals surface area contributed by atoms with Crippen LogP contribution in [-0.2, 0) is 4.79 Å². The van der Waals surface area contributed by atoms with E-state index in [4.69, 9.17) is 0 Å². The van der Waals surface area contributed by atoms with Gasteiger partial charge in [0.25, 0.3) is 11.8 Å². The summed E-state index contributed by atoms with van der Waals surface area (Å²) in [5.74, 6) is -0.674. The maximum absolute atomic E-state index is 12.6. The molecule has 0 saturated carbocycles. The predicted octanol–water partition coefficient (Wildman–Crippen LogP) is 4.46. The topological polar surface area (TPSA) is 87.3 Å². The van der Waals surface area contributed by atoms with E-state index in [1.165, 1.54) is 6.92 Å². The van der Waals surface area contributed by atoms with E-state index in [0.717, 1.165) is 5.56 Å². The lowest BCUT2D eigenvalue weighted by molar-refractivity contribution is -0.114. The molecule has 0 bridgehead atoms. The van der Waals surface area contributed by atoms with Gasteiger partial charge in [-0.3, -0.25) is 14.4 Å². The van der Waals surface area contributed by atoms with Crippen molar-refractivity contribution in [3.63, 3.8) is 0 Å². The Morgan fingerprint density at radius 2 is 1.17 bits per heavy atom. The molecule has 0 saturated heterocycles. The first-order valence-electron chi connectivity index (χ1n) is 9.09. The minimum atomic E-state index is -0.283. The van der Waals surface area contributed by atoms with Crippen LogP contribution < -0.4 is 16.0 Å². The number of carbonyl (C=O) groups excluding carboxylic acids is 3. The molecule has 3 N–H and O–H groups in total. The third-order valence-corrected chi connectivity index (χ3v) is 4.33. The summed E-state index contributed by atoms with van der Waals surface area (Å²) in [5, 5.41) is 8.38. The van der Waals surface area contributed by atoms with Crippen LogP contribution in [0.1, 0.15) is 33.2 Å². The van der Waals surface area contributed by atoms with E-state index in [9.17, 15) is 14.4 Å². The summed E-state index contributed by atoms with van der Waals surface area (Å²) in [5.41, 5.74) is 3.63. The highest BCUT2D eigenvalue weighted by Gasteiger charge is 2.11. The molecule has 0 aliphatic heterocycles. The van der Waals surface area contributed by atoms with E-state index in [0.29, 0.717) is 28.2 Å². The molecule has 0 spiro atoms. The van der Waals surface area contributed by atoms with Gasteiger partial charge >= 0.3 is 0 Å². The Bertz CT molecular complexity index is 1040. The fourth-order valence-corrected chi connectivity index (χ4v) is 2.79. The van der Waals surface area contributed by atoms with Crippen molar-refractivity contribution in [2.75, 3.05) is 16.0 Å². The van der Waals surface area contributed by atoms with Gasteiger partial charge in [-0.1, -0.05) is 24.3 Å². The first-order valence-corrected chi connectivity index (χ1v) is 9.09. The third kappa shape index (κ3) is 5.07. The summed E-state index contributed by atoms with van der Waals surface area (Å²) in [4.78, 5) is 36.1. The monoisotopic (exact) mass is 387 g/mol. The summed E-state index contributed by atoms with van der Waals surface area (Å²) >= 11 is 0. The average Bonchev–Trinajstić information content (AvgIpc) is 2.72. The van der Waals surface area contributed by atoms with Crippen LogP contribution >= 0.6 is 0 Å². The molecule has 0 atom stereocenters. The molecule has 0 aliphatic rings.